The molecule has 0 N–H and O–H groups in total. The van der Waals surface area contributed by atoms with Crippen molar-refractivity contribution in [3.8, 4) is 11.8 Å². The maximum absolute atomic E-state index is 8.87. The average molecular weight is 341 g/mol. The van der Waals surface area contributed by atoms with Crippen LogP contribution in [0.4, 0.5) is 0 Å². The normalized spacial score (nSPS) is 24.9. The molecule has 2 aliphatic rings. The van der Waals surface area contributed by atoms with Gasteiger partial charge in [-0.15, -0.1) is 12.4 Å². The molecule has 4 heteroatoms. The molecule has 0 radical (unpaired) electrons. The Kier molecular flexibility index (Phi) is 4.80. The van der Waals surface area contributed by atoms with Gasteiger partial charge in [0.15, 0.2) is 0 Å². The van der Waals surface area contributed by atoms with Crippen molar-refractivity contribution in [2.24, 2.45) is 0 Å². The van der Waals surface area contributed by atoms with Crippen molar-refractivity contribution in [1.29, 1.82) is 5.26 Å². The topological polar surface area (TPSA) is 36.3 Å². The Labute approximate surface area is 149 Å². The zero-order valence-corrected chi connectivity index (χ0v) is 14.3. The molecule has 2 heterocycles. The van der Waals surface area contributed by atoms with Crippen LogP contribution in [0.2, 0.25) is 0 Å². The van der Waals surface area contributed by atoms with Crippen molar-refractivity contribution >= 4 is 12.4 Å². The van der Waals surface area contributed by atoms with Gasteiger partial charge in [0.05, 0.1) is 6.07 Å². The van der Waals surface area contributed by atoms with Gasteiger partial charge in [-0.05, 0) is 11.6 Å². The van der Waals surface area contributed by atoms with Crippen LogP contribution >= 0.6 is 12.4 Å². The van der Waals surface area contributed by atoms with E-state index in [0.717, 1.165) is 31.8 Å². The van der Waals surface area contributed by atoms with Crippen LogP contribution in [0.25, 0.3) is 0 Å². The molecule has 0 bridgehead atoms. The van der Waals surface area contributed by atoms with E-state index in [1.807, 2.05) is 6.07 Å². The number of ether oxygens (including phenoxy) is 1. The van der Waals surface area contributed by atoms with Crippen LogP contribution in [-0.2, 0) is 5.60 Å². The molecule has 1 saturated heterocycles. The van der Waals surface area contributed by atoms with Crippen molar-refractivity contribution in [3.05, 3.63) is 65.7 Å². The Balaban J connectivity index is 0.00000169. The molecule has 3 nitrogen and oxygen atoms in total. The summed E-state index contributed by atoms with van der Waals surface area (Å²) in [6, 6.07) is 21.3. The Morgan fingerprint density at radius 1 is 1.12 bits per heavy atom. The predicted octanol–water partition coefficient (Wildman–Crippen LogP) is 4.10. The van der Waals surface area contributed by atoms with Crippen molar-refractivity contribution in [2.75, 3.05) is 19.6 Å². The lowest BCUT2D eigenvalue weighted by Gasteiger charge is -2.43. The molecule has 24 heavy (non-hydrogen) atoms. The maximum atomic E-state index is 8.87. The van der Waals surface area contributed by atoms with Gasteiger partial charge < -0.3 is 9.64 Å². The zero-order valence-electron chi connectivity index (χ0n) is 13.5. The molecule has 2 aromatic rings. The molecule has 0 amide bonds. The van der Waals surface area contributed by atoms with Gasteiger partial charge in [0, 0.05) is 44.0 Å². The minimum atomic E-state index is -0.256. The second-order valence-corrected chi connectivity index (χ2v) is 6.41. The maximum Gasteiger partial charge on any atom is 0.143 e. The number of nitrogens with zero attached hydrogens (tertiary/aromatic N) is 2. The first-order chi connectivity index (χ1) is 11.3. The largest absolute Gasteiger partial charge is 0.482 e. The number of hydrogen-bond acceptors (Lipinski definition) is 3. The third kappa shape index (κ3) is 2.66. The fraction of sp³-hybridized carbons (Fsp3) is 0.350. The molecular weight excluding hydrogens is 320 g/mol. The quantitative estimate of drug-likeness (QED) is 0.844. The highest BCUT2D eigenvalue weighted by Gasteiger charge is 2.52. The molecule has 0 spiro atoms. The van der Waals surface area contributed by atoms with Gasteiger partial charge in [0.25, 0.3) is 0 Å². The van der Waals surface area contributed by atoms with E-state index < -0.39 is 0 Å². The first-order valence-corrected chi connectivity index (χ1v) is 8.26. The van der Waals surface area contributed by atoms with Crippen molar-refractivity contribution in [2.45, 2.75) is 24.4 Å². The van der Waals surface area contributed by atoms with Crippen LogP contribution in [0.1, 0.15) is 29.9 Å². The smallest absolute Gasteiger partial charge is 0.143 e. The van der Waals surface area contributed by atoms with Gasteiger partial charge in [-0.1, -0.05) is 48.5 Å². The van der Waals surface area contributed by atoms with Gasteiger partial charge in [0.2, 0.25) is 0 Å². The number of benzene rings is 2. The number of nitriles is 1. The standard InChI is InChI=1S/C20H20N2O.ClH/c21-12-6-13-22-14-11-20(16-7-2-1-3-8-16)18(15-22)17-9-4-5-10-19(17)23-20;/h1-5,7-10,18H,6,11,13-15H2;1H/t18-,20+;/m0./s1. The third-order valence-electron chi connectivity index (χ3n) is 5.19. The highest BCUT2D eigenvalue weighted by molar-refractivity contribution is 5.85. The molecule has 1 fully saturated rings. The molecule has 0 unspecified atom stereocenters. The SMILES string of the molecule is Cl.N#CCCN1CC[C@]2(c3ccccc3)Oc3ccccc3[C@@H]2C1. The Morgan fingerprint density at radius 3 is 2.67 bits per heavy atom. The fourth-order valence-electron chi connectivity index (χ4n) is 4.06. The van der Waals surface area contributed by atoms with E-state index in [9.17, 15) is 0 Å². The van der Waals surface area contributed by atoms with Gasteiger partial charge in [-0.3, -0.25) is 0 Å². The second kappa shape index (κ2) is 6.84. The van der Waals surface area contributed by atoms with E-state index in [1.165, 1.54) is 11.1 Å². The molecule has 124 valence electrons. The van der Waals surface area contributed by atoms with Gasteiger partial charge in [-0.2, -0.15) is 5.26 Å². The molecule has 2 aromatic carbocycles. The Morgan fingerprint density at radius 2 is 1.88 bits per heavy atom. The third-order valence-corrected chi connectivity index (χ3v) is 5.19. The van der Waals surface area contributed by atoms with Crippen LogP contribution in [0.5, 0.6) is 5.75 Å². The molecule has 0 aromatic heterocycles. The van der Waals surface area contributed by atoms with Crippen LogP contribution in [-0.4, -0.2) is 24.5 Å². The molecular formula is C20H21ClN2O. The van der Waals surface area contributed by atoms with Crippen LogP contribution in [0.15, 0.2) is 54.6 Å². The minimum Gasteiger partial charge on any atom is -0.482 e. The van der Waals surface area contributed by atoms with Gasteiger partial charge in [-0.25, -0.2) is 0 Å². The summed E-state index contributed by atoms with van der Waals surface area (Å²) in [4.78, 5) is 2.40. The van der Waals surface area contributed by atoms with E-state index >= 15 is 0 Å². The van der Waals surface area contributed by atoms with Crippen LogP contribution < -0.4 is 4.74 Å². The first kappa shape index (κ1) is 16.8. The first-order valence-electron chi connectivity index (χ1n) is 8.26. The van der Waals surface area contributed by atoms with E-state index in [1.54, 1.807) is 0 Å². The zero-order chi connectivity index (χ0) is 15.7. The Bertz CT molecular complexity index is 743. The summed E-state index contributed by atoms with van der Waals surface area (Å²) in [5.41, 5.74) is 2.31. The summed E-state index contributed by atoms with van der Waals surface area (Å²) in [7, 11) is 0. The lowest BCUT2D eigenvalue weighted by Crippen LogP contribution is -2.49. The monoisotopic (exact) mass is 340 g/mol. The fourth-order valence-corrected chi connectivity index (χ4v) is 4.06. The summed E-state index contributed by atoms with van der Waals surface area (Å²) < 4.78 is 6.55. The summed E-state index contributed by atoms with van der Waals surface area (Å²) in [5, 5.41) is 8.87. The van der Waals surface area contributed by atoms with Crippen LogP contribution in [0.3, 0.4) is 0 Å². The van der Waals surface area contributed by atoms with E-state index in [2.05, 4.69) is 59.5 Å². The molecule has 2 atom stereocenters. The van der Waals surface area contributed by atoms with E-state index in [4.69, 9.17) is 10.00 Å². The van der Waals surface area contributed by atoms with Crippen molar-refractivity contribution < 1.29 is 4.74 Å². The summed E-state index contributed by atoms with van der Waals surface area (Å²) in [5.74, 6) is 1.34. The number of fused-ring (bicyclic) bond motifs is 3. The lowest BCUT2D eigenvalue weighted by atomic mass is 9.74. The number of rotatable bonds is 3. The van der Waals surface area contributed by atoms with Crippen molar-refractivity contribution in [3.63, 3.8) is 0 Å². The highest BCUT2D eigenvalue weighted by atomic mass is 35.5. The Hall–Kier alpha value is -2.02. The van der Waals surface area contributed by atoms with Crippen LogP contribution in [0, 0.1) is 11.3 Å². The lowest BCUT2D eigenvalue weighted by molar-refractivity contribution is 0.000445. The molecule has 2 aliphatic heterocycles. The van der Waals surface area contributed by atoms with Gasteiger partial charge in [0.1, 0.15) is 11.4 Å². The summed E-state index contributed by atoms with van der Waals surface area (Å²) >= 11 is 0. The van der Waals surface area contributed by atoms with Gasteiger partial charge >= 0.3 is 0 Å². The number of halogens is 1. The second-order valence-electron chi connectivity index (χ2n) is 6.41. The molecule has 0 saturated carbocycles. The number of para-hydroxylation sites is 1. The summed E-state index contributed by atoms with van der Waals surface area (Å²) in [6.07, 6.45) is 1.55. The average Bonchev–Trinajstić information content (AvgIpc) is 2.96. The van der Waals surface area contributed by atoms with E-state index in [0.29, 0.717) is 12.3 Å². The van der Waals surface area contributed by atoms with E-state index in [-0.39, 0.29) is 18.0 Å². The summed E-state index contributed by atoms with van der Waals surface area (Å²) in [6.45, 7) is 2.77. The highest BCUT2D eigenvalue weighted by Crippen LogP contribution is 2.54. The number of hydrogen-bond donors (Lipinski definition) is 0. The minimum absolute atomic E-state index is 0. The molecule has 0 aliphatic carbocycles. The number of piperidine rings is 1. The molecule has 4 rings (SSSR count). The van der Waals surface area contributed by atoms with Crippen molar-refractivity contribution in [1.82, 2.24) is 4.90 Å². The number of likely N-dealkylation sites (tertiary alicyclic amines) is 1. The predicted molar refractivity (Wildman–Crippen MR) is 96.5 cm³/mol.